The van der Waals surface area contributed by atoms with E-state index in [0.717, 1.165) is 51.7 Å². The minimum absolute atomic E-state index is 0.0948. The molecule has 2 heterocycles. The van der Waals surface area contributed by atoms with Crippen LogP contribution in [0.15, 0.2) is 0 Å². The Labute approximate surface area is 110 Å². The van der Waals surface area contributed by atoms with Gasteiger partial charge in [-0.2, -0.15) is 0 Å². The summed E-state index contributed by atoms with van der Waals surface area (Å²) in [7, 11) is -1.10. The van der Waals surface area contributed by atoms with Crippen molar-refractivity contribution in [2.75, 3.05) is 32.4 Å². The molecule has 2 rings (SSSR count). The van der Waals surface area contributed by atoms with E-state index in [0.29, 0.717) is 0 Å². The number of hydrogen-bond acceptors (Lipinski definition) is 4. The number of hydrogen-bond donors (Lipinski definition) is 2. The average Bonchev–Trinajstić information content (AvgIpc) is 2.28. The number of rotatable bonds is 4. The first kappa shape index (κ1) is 14.2. The van der Waals surface area contributed by atoms with E-state index in [1.807, 2.05) is 7.05 Å². The van der Waals surface area contributed by atoms with Crippen molar-refractivity contribution in [1.82, 2.24) is 14.9 Å². The lowest BCUT2D eigenvalue weighted by molar-refractivity contribution is 0.242. The molecule has 0 spiro atoms. The highest BCUT2D eigenvalue weighted by atomic mass is 32.2. The highest BCUT2D eigenvalue weighted by molar-refractivity contribution is 7.89. The molecule has 0 amide bonds. The lowest BCUT2D eigenvalue weighted by Gasteiger charge is -2.31. The zero-order chi connectivity index (χ0) is 13.0. The van der Waals surface area contributed by atoms with Crippen LogP contribution in [0.1, 0.15) is 32.1 Å². The Balaban J connectivity index is 1.82. The topological polar surface area (TPSA) is 61.4 Å². The fourth-order valence-electron chi connectivity index (χ4n) is 2.90. The van der Waals surface area contributed by atoms with Crippen LogP contribution < -0.4 is 10.0 Å². The minimum Gasteiger partial charge on any atom is -0.313 e. The number of sulfonamides is 1. The molecule has 2 aliphatic heterocycles. The van der Waals surface area contributed by atoms with Crippen molar-refractivity contribution in [2.24, 2.45) is 0 Å². The minimum atomic E-state index is -3.14. The molecule has 0 aromatic heterocycles. The average molecular weight is 275 g/mol. The molecule has 2 saturated heterocycles. The summed E-state index contributed by atoms with van der Waals surface area (Å²) in [5.41, 5.74) is 0. The van der Waals surface area contributed by atoms with Gasteiger partial charge in [0.2, 0.25) is 10.0 Å². The van der Waals surface area contributed by atoms with Crippen LogP contribution in [0.3, 0.4) is 0 Å². The molecule has 0 saturated carbocycles. The predicted molar refractivity (Wildman–Crippen MR) is 73.1 cm³/mol. The molecule has 2 fully saturated rings. The first-order valence-electron chi connectivity index (χ1n) is 6.97. The van der Waals surface area contributed by atoms with Crippen molar-refractivity contribution < 1.29 is 8.42 Å². The van der Waals surface area contributed by atoms with Gasteiger partial charge < -0.3 is 10.2 Å². The van der Waals surface area contributed by atoms with E-state index in [1.54, 1.807) is 0 Å². The fraction of sp³-hybridized carbons (Fsp3) is 1.00. The van der Waals surface area contributed by atoms with Gasteiger partial charge in [-0.1, -0.05) is 6.42 Å². The first-order chi connectivity index (χ1) is 8.55. The Kier molecular flexibility index (Phi) is 5.00. The Morgan fingerprint density at radius 1 is 1.28 bits per heavy atom. The van der Waals surface area contributed by atoms with Crippen LogP contribution in [0.25, 0.3) is 0 Å². The van der Waals surface area contributed by atoms with E-state index >= 15 is 0 Å². The van der Waals surface area contributed by atoms with Crippen LogP contribution in [0.2, 0.25) is 0 Å². The van der Waals surface area contributed by atoms with E-state index in [9.17, 15) is 8.42 Å². The monoisotopic (exact) mass is 275 g/mol. The molecule has 0 bridgehead atoms. The van der Waals surface area contributed by atoms with Crippen molar-refractivity contribution in [1.29, 1.82) is 0 Å². The molecule has 0 aromatic rings. The third-order valence-electron chi connectivity index (χ3n) is 3.80. The molecule has 2 atom stereocenters. The largest absolute Gasteiger partial charge is 0.313 e. The smallest absolute Gasteiger partial charge is 0.213 e. The van der Waals surface area contributed by atoms with Gasteiger partial charge in [-0.05, 0) is 45.8 Å². The molecule has 6 heteroatoms. The summed E-state index contributed by atoms with van der Waals surface area (Å²) in [6.45, 7) is 2.85. The highest BCUT2D eigenvalue weighted by Gasteiger charge is 2.25. The summed E-state index contributed by atoms with van der Waals surface area (Å²) in [4.78, 5) is 2.19. The van der Waals surface area contributed by atoms with E-state index in [2.05, 4.69) is 14.9 Å². The van der Waals surface area contributed by atoms with Gasteiger partial charge in [-0.15, -0.1) is 0 Å². The molecule has 5 nitrogen and oxygen atoms in total. The normalized spacial score (nSPS) is 31.4. The van der Waals surface area contributed by atoms with Gasteiger partial charge >= 0.3 is 0 Å². The summed E-state index contributed by atoms with van der Waals surface area (Å²) >= 11 is 0. The molecule has 0 aliphatic carbocycles. The number of likely N-dealkylation sites (N-methyl/N-ethyl adjacent to an activating group) is 1. The highest BCUT2D eigenvalue weighted by Crippen LogP contribution is 2.12. The Hall–Kier alpha value is -0.170. The Morgan fingerprint density at radius 2 is 2.11 bits per heavy atom. The number of nitrogens with zero attached hydrogens (tertiary/aromatic N) is 1. The van der Waals surface area contributed by atoms with Gasteiger partial charge in [0, 0.05) is 18.6 Å². The van der Waals surface area contributed by atoms with Crippen LogP contribution in [-0.2, 0) is 10.0 Å². The van der Waals surface area contributed by atoms with Crippen molar-refractivity contribution in [3.63, 3.8) is 0 Å². The lowest BCUT2D eigenvalue weighted by Crippen LogP contribution is -2.49. The fourth-order valence-corrected chi connectivity index (χ4v) is 4.51. The van der Waals surface area contributed by atoms with Gasteiger partial charge in [0.05, 0.1) is 5.75 Å². The SMILES string of the molecule is CN1CCCC(NS(=O)(=O)CC2CCCCN2)C1. The van der Waals surface area contributed by atoms with E-state index in [4.69, 9.17) is 0 Å². The number of nitrogens with one attached hydrogen (secondary N) is 2. The Morgan fingerprint density at radius 3 is 2.78 bits per heavy atom. The third kappa shape index (κ3) is 4.50. The molecule has 0 aromatic carbocycles. The molecule has 18 heavy (non-hydrogen) atoms. The summed E-state index contributed by atoms with van der Waals surface area (Å²) in [5, 5.41) is 3.29. The van der Waals surface area contributed by atoms with Gasteiger partial charge in [-0.25, -0.2) is 13.1 Å². The molecular formula is C12H25N3O2S. The molecule has 0 radical (unpaired) electrons. The zero-order valence-corrected chi connectivity index (χ0v) is 12.0. The maximum Gasteiger partial charge on any atom is 0.213 e. The third-order valence-corrected chi connectivity index (χ3v) is 5.34. The second-order valence-corrected chi connectivity index (χ2v) is 7.45. The van der Waals surface area contributed by atoms with Gasteiger partial charge in [0.1, 0.15) is 0 Å². The van der Waals surface area contributed by atoms with Crippen LogP contribution in [0.5, 0.6) is 0 Å². The van der Waals surface area contributed by atoms with Crippen molar-refractivity contribution >= 4 is 10.0 Å². The van der Waals surface area contributed by atoms with E-state index in [1.165, 1.54) is 0 Å². The second kappa shape index (κ2) is 6.32. The van der Waals surface area contributed by atoms with Gasteiger partial charge in [0.25, 0.3) is 0 Å². The zero-order valence-electron chi connectivity index (χ0n) is 11.2. The Bertz CT molecular complexity index is 352. The van der Waals surface area contributed by atoms with Crippen LogP contribution in [0, 0.1) is 0 Å². The van der Waals surface area contributed by atoms with Crippen LogP contribution in [0.4, 0.5) is 0 Å². The van der Waals surface area contributed by atoms with Crippen LogP contribution >= 0.6 is 0 Å². The maximum atomic E-state index is 12.1. The molecule has 2 aliphatic rings. The molecule has 2 N–H and O–H groups in total. The summed E-state index contributed by atoms with van der Waals surface area (Å²) in [6.07, 6.45) is 5.31. The van der Waals surface area contributed by atoms with Crippen molar-refractivity contribution in [3.8, 4) is 0 Å². The van der Waals surface area contributed by atoms with Gasteiger partial charge in [0.15, 0.2) is 0 Å². The predicted octanol–water partition coefficient (Wildman–Crippen LogP) is 0.142. The summed E-state index contributed by atoms with van der Waals surface area (Å²) < 4.78 is 27.1. The van der Waals surface area contributed by atoms with Crippen molar-refractivity contribution in [2.45, 2.75) is 44.2 Å². The molecule has 106 valence electrons. The van der Waals surface area contributed by atoms with Gasteiger partial charge in [-0.3, -0.25) is 0 Å². The van der Waals surface area contributed by atoms with E-state index in [-0.39, 0.29) is 17.8 Å². The summed E-state index contributed by atoms with van der Waals surface area (Å²) in [6, 6.07) is 0.231. The quantitative estimate of drug-likeness (QED) is 0.766. The maximum absolute atomic E-state index is 12.1. The second-order valence-electron chi connectivity index (χ2n) is 5.65. The molecular weight excluding hydrogens is 250 g/mol. The van der Waals surface area contributed by atoms with E-state index < -0.39 is 10.0 Å². The lowest BCUT2D eigenvalue weighted by atomic mass is 10.1. The first-order valence-corrected chi connectivity index (χ1v) is 8.62. The van der Waals surface area contributed by atoms with Crippen molar-refractivity contribution in [3.05, 3.63) is 0 Å². The molecule has 2 unspecified atom stereocenters. The summed E-state index contributed by atoms with van der Waals surface area (Å²) in [5.74, 6) is 0.229. The standard InChI is InChI=1S/C12H25N3O2S/c1-15-8-4-6-11(9-15)14-18(16,17)10-12-5-2-3-7-13-12/h11-14H,2-10H2,1H3. The number of likely N-dealkylation sites (tertiary alicyclic amines) is 1. The number of piperidine rings is 2. The van der Waals surface area contributed by atoms with Crippen LogP contribution in [-0.4, -0.2) is 57.8 Å².